The third-order valence-corrected chi connectivity index (χ3v) is 3.51. The summed E-state index contributed by atoms with van der Waals surface area (Å²) in [6.07, 6.45) is 5.21. The molecule has 7 heteroatoms. The van der Waals surface area contributed by atoms with E-state index in [4.69, 9.17) is 16.3 Å². The lowest BCUT2D eigenvalue weighted by Gasteiger charge is -2.16. The average molecular weight is 301 g/mol. The first-order valence-electron chi connectivity index (χ1n) is 7.02. The molecule has 0 aromatic carbocycles. The van der Waals surface area contributed by atoms with E-state index in [1.54, 1.807) is 11.1 Å². The highest BCUT2D eigenvalue weighted by atomic mass is 35.5. The fourth-order valence-corrected chi connectivity index (χ4v) is 2.47. The van der Waals surface area contributed by atoms with Crippen LogP contribution in [0.4, 0.5) is 4.79 Å². The molecule has 2 heterocycles. The van der Waals surface area contributed by atoms with E-state index < -0.39 is 0 Å². The maximum atomic E-state index is 11.6. The zero-order chi connectivity index (χ0) is 14.4. The molecule has 0 spiro atoms. The number of hydrogen-bond acceptors (Lipinski definition) is 4. The summed E-state index contributed by atoms with van der Waals surface area (Å²) in [7, 11) is 0. The molecular formula is C13H21ClN4O2. The summed E-state index contributed by atoms with van der Waals surface area (Å²) >= 11 is 5.80. The van der Waals surface area contributed by atoms with Crippen molar-refractivity contribution in [2.75, 3.05) is 26.2 Å². The third kappa shape index (κ3) is 4.38. The van der Waals surface area contributed by atoms with Crippen molar-refractivity contribution < 1.29 is 9.53 Å². The summed E-state index contributed by atoms with van der Waals surface area (Å²) in [5.74, 6) is 0. The van der Waals surface area contributed by atoms with Crippen LogP contribution in [0.15, 0.2) is 12.4 Å². The second kappa shape index (κ2) is 7.50. The fraction of sp³-hybridized carbons (Fsp3) is 0.692. The Morgan fingerprint density at radius 2 is 2.50 bits per heavy atom. The van der Waals surface area contributed by atoms with E-state index in [2.05, 4.69) is 10.4 Å². The zero-order valence-electron chi connectivity index (χ0n) is 11.7. The molecule has 1 amide bonds. The summed E-state index contributed by atoms with van der Waals surface area (Å²) < 4.78 is 6.83. The van der Waals surface area contributed by atoms with E-state index >= 15 is 0 Å². The third-order valence-electron chi connectivity index (χ3n) is 3.31. The first-order valence-corrected chi connectivity index (χ1v) is 7.40. The van der Waals surface area contributed by atoms with Gasteiger partial charge in [-0.3, -0.25) is 4.68 Å². The Bertz CT molecular complexity index is 438. The van der Waals surface area contributed by atoms with Crippen LogP contribution in [0.2, 0.25) is 5.02 Å². The first kappa shape index (κ1) is 15.1. The number of aryl methyl sites for hydroxylation is 1. The number of halogens is 1. The molecule has 1 aliphatic rings. The van der Waals surface area contributed by atoms with Crippen molar-refractivity contribution in [2.24, 2.45) is 0 Å². The SMILES string of the molecule is CCOC(=O)N1CC[C@@H](NCCCn2cc(Cl)cn2)C1. The van der Waals surface area contributed by atoms with Gasteiger partial charge in [-0.1, -0.05) is 11.6 Å². The largest absolute Gasteiger partial charge is 0.450 e. The van der Waals surface area contributed by atoms with E-state index in [0.717, 1.165) is 39.0 Å². The van der Waals surface area contributed by atoms with Crippen LogP contribution < -0.4 is 5.32 Å². The molecule has 1 fully saturated rings. The Kier molecular flexibility index (Phi) is 5.67. The van der Waals surface area contributed by atoms with Crippen LogP contribution in [0.1, 0.15) is 19.8 Å². The molecule has 112 valence electrons. The van der Waals surface area contributed by atoms with Crippen LogP contribution in [0.5, 0.6) is 0 Å². The van der Waals surface area contributed by atoms with Gasteiger partial charge in [-0.25, -0.2) is 4.79 Å². The predicted molar refractivity (Wildman–Crippen MR) is 76.9 cm³/mol. The summed E-state index contributed by atoms with van der Waals surface area (Å²) in [5, 5.41) is 8.26. The standard InChI is InChI=1S/C13H21ClN4O2/c1-2-20-13(19)17-7-4-12(10-17)15-5-3-6-18-9-11(14)8-16-18/h8-9,12,15H,2-7,10H2,1H3/t12-/m1/s1. The van der Waals surface area contributed by atoms with E-state index in [-0.39, 0.29) is 6.09 Å². The molecule has 0 aliphatic carbocycles. The lowest BCUT2D eigenvalue weighted by molar-refractivity contribution is 0.115. The number of nitrogens with one attached hydrogen (secondary N) is 1. The lowest BCUT2D eigenvalue weighted by atomic mass is 10.2. The maximum absolute atomic E-state index is 11.6. The molecule has 2 rings (SSSR count). The van der Waals surface area contributed by atoms with Crippen LogP contribution in [-0.2, 0) is 11.3 Å². The monoisotopic (exact) mass is 300 g/mol. The Balaban J connectivity index is 1.60. The normalized spacial score (nSPS) is 18.5. The van der Waals surface area contributed by atoms with Gasteiger partial charge in [0.15, 0.2) is 0 Å². The minimum absolute atomic E-state index is 0.206. The summed E-state index contributed by atoms with van der Waals surface area (Å²) in [4.78, 5) is 13.3. The summed E-state index contributed by atoms with van der Waals surface area (Å²) in [5.41, 5.74) is 0. The molecule has 1 aromatic rings. The number of ether oxygens (including phenoxy) is 1. The van der Waals surface area contributed by atoms with E-state index in [9.17, 15) is 4.79 Å². The summed E-state index contributed by atoms with van der Waals surface area (Å²) in [6, 6.07) is 0.362. The van der Waals surface area contributed by atoms with Gasteiger partial charge in [0.05, 0.1) is 17.8 Å². The molecular weight excluding hydrogens is 280 g/mol. The van der Waals surface area contributed by atoms with E-state index in [1.165, 1.54) is 0 Å². The quantitative estimate of drug-likeness (QED) is 0.813. The van der Waals surface area contributed by atoms with Gasteiger partial charge < -0.3 is 15.0 Å². The molecule has 0 radical (unpaired) electrons. The highest BCUT2D eigenvalue weighted by molar-refractivity contribution is 6.30. The van der Waals surface area contributed by atoms with Crippen molar-refractivity contribution in [3.63, 3.8) is 0 Å². The van der Waals surface area contributed by atoms with Gasteiger partial charge in [-0.05, 0) is 26.3 Å². The number of amides is 1. The highest BCUT2D eigenvalue weighted by Crippen LogP contribution is 2.10. The van der Waals surface area contributed by atoms with Crippen molar-refractivity contribution in [2.45, 2.75) is 32.4 Å². The molecule has 1 N–H and O–H groups in total. The van der Waals surface area contributed by atoms with Gasteiger partial charge in [0.25, 0.3) is 0 Å². The Hall–Kier alpha value is -1.27. The number of carbonyl (C=O) groups is 1. The Morgan fingerprint density at radius 1 is 1.65 bits per heavy atom. The molecule has 20 heavy (non-hydrogen) atoms. The second-order valence-electron chi connectivity index (χ2n) is 4.86. The fourth-order valence-electron chi connectivity index (χ4n) is 2.32. The van der Waals surface area contributed by atoms with Crippen molar-refractivity contribution >= 4 is 17.7 Å². The maximum Gasteiger partial charge on any atom is 0.409 e. The molecule has 1 aromatic heterocycles. The number of carbonyl (C=O) groups excluding carboxylic acids is 1. The topological polar surface area (TPSA) is 59.4 Å². The van der Waals surface area contributed by atoms with Gasteiger partial charge in [-0.2, -0.15) is 5.10 Å². The molecule has 0 unspecified atom stereocenters. The molecule has 6 nitrogen and oxygen atoms in total. The van der Waals surface area contributed by atoms with Gasteiger partial charge >= 0.3 is 6.09 Å². The Labute approximate surface area is 124 Å². The van der Waals surface area contributed by atoms with Gasteiger partial charge in [-0.15, -0.1) is 0 Å². The minimum Gasteiger partial charge on any atom is -0.450 e. The molecule has 1 atom stereocenters. The minimum atomic E-state index is -0.206. The van der Waals surface area contributed by atoms with Crippen molar-refractivity contribution in [1.82, 2.24) is 20.0 Å². The summed E-state index contributed by atoms with van der Waals surface area (Å²) in [6.45, 7) is 5.50. The number of rotatable bonds is 6. The van der Waals surface area contributed by atoms with Crippen LogP contribution in [-0.4, -0.2) is 53.1 Å². The number of nitrogens with zero attached hydrogens (tertiary/aromatic N) is 3. The molecule has 1 saturated heterocycles. The average Bonchev–Trinajstić information content (AvgIpc) is 3.04. The van der Waals surface area contributed by atoms with Gasteiger partial charge in [0.1, 0.15) is 0 Å². The van der Waals surface area contributed by atoms with E-state index in [0.29, 0.717) is 17.7 Å². The molecule has 0 bridgehead atoms. The van der Waals surface area contributed by atoms with Crippen molar-refractivity contribution in [1.29, 1.82) is 0 Å². The van der Waals surface area contributed by atoms with Crippen LogP contribution in [0.3, 0.4) is 0 Å². The van der Waals surface area contributed by atoms with Crippen LogP contribution >= 0.6 is 11.6 Å². The lowest BCUT2D eigenvalue weighted by Crippen LogP contribution is -2.36. The smallest absolute Gasteiger partial charge is 0.409 e. The number of hydrogen-bond donors (Lipinski definition) is 1. The molecule has 1 aliphatic heterocycles. The number of aromatic nitrogens is 2. The van der Waals surface area contributed by atoms with Crippen molar-refractivity contribution in [3.05, 3.63) is 17.4 Å². The van der Waals surface area contributed by atoms with E-state index in [1.807, 2.05) is 17.8 Å². The van der Waals surface area contributed by atoms with Crippen LogP contribution in [0.25, 0.3) is 0 Å². The predicted octanol–water partition coefficient (Wildman–Crippen LogP) is 1.75. The highest BCUT2D eigenvalue weighted by Gasteiger charge is 2.26. The second-order valence-corrected chi connectivity index (χ2v) is 5.30. The first-order chi connectivity index (χ1) is 9.69. The zero-order valence-corrected chi connectivity index (χ0v) is 12.5. The van der Waals surface area contributed by atoms with Crippen LogP contribution in [0, 0.1) is 0 Å². The molecule has 0 saturated carbocycles. The van der Waals surface area contributed by atoms with Crippen molar-refractivity contribution in [3.8, 4) is 0 Å². The van der Waals surface area contributed by atoms with Gasteiger partial charge in [0.2, 0.25) is 0 Å². The van der Waals surface area contributed by atoms with Gasteiger partial charge in [0, 0.05) is 31.9 Å². The number of likely N-dealkylation sites (tertiary alicyclic amines) is 1. The Morgan fingerprint density at radius 3 is 3.20 bits per heavy atom.